The van der Waals surface area contributed by atoms with Crippen molar-refractivity contribution in [2.75, 3.05) is 7.05 Å². The minimum atomic E-state index is 0.186. The molecular formula is C9H17IN2O. The molecule has 0 radical (unpaired) electrons. The van der Waals surface area contributed by atoms with Gasteiger partial charge in [0.05, 0.1) is 0 Å². The van der Waals surface area contributed by atoms with Gasteiger partial charge < -0.3 is 4.90 Å². The Balaban J connectivity index is 2.36. The van der Waals surface area contributed by atoms with Crippen molar-refractivity contribution in [2.45, 2.75) is 44.7 Å². The third-order valence-corrected chi connectivity index (χ3v) is 3.78. The number of nitrogens with zero attached hydrogens (tertiary/aromatic N) is 1. The fraction of sp³-hybridized carbons (Fsp3) is 0.889. The van der Waals surface area contributed by atoms with E-state index in [2.05, 4.69) is 26.4 Å². The summed E-state index contributed by atoms with van der Waals surface area (Å²) in [6.45, 7) is 1.64. The third kappa shape index (κ3) is 3.09. The zero-order valence-electron chi connectivity index (χ0n) is 8.22. The number of halogens is 1. The van der Waals surface area contributed by atoms with Crippen molar-refractivity contribution in [3.8, 4) is 0 Å². The fourth-order valence-corrected chi connectivity index (χ4v) is 2.45. The Morgan fingerprint density at radius 3 is 2.31 bits per heavy atom. The molecule has 0 aliphatic heterocycles. The van der Waals surface area contributed by atoms with Crippen LogP contribution in [0.15, 0.2) is 0 Å². The minimum absolute atomic E-state index is 0.186. The molecule has 0 unspecified atom stereocenters. The molecule has 76 valence electrons. The Labute approximate surface area is 93.7 Å². The number of carbonyl (C=O) groups is 1. The van der Waals surface area contributed by atoms with Crippen LogP contribution in [-0.2, 0) is 4.79 Å². The largest absolute Gasteiger partial charge is 0.343 e. The quantitative estimate of drug-likeness (QED) is 0.621. The summed E-state index contributed by atoms with van der Waals surface area (Å²) >= 11 is 2.21. The van der Waals surface area contributed by atoms with Gasteiger partial charge in [0.2, 0.25) is 5.91 Å². The summed E-state index contributed by atoms with van der Waals surface area (Å²) in [6, 6.07) is 1.12. The van der Waals surface area contributed by atoms with E-state index in [0.717, 1.165) is 12.8 Å². The average Bonchev–Trinajstić information content (AvgIpc) is 2.17. The molecule has 0 bridgehead atoms. The molecule has 0 heterocycles. The molecule has 0 aromatic rings. The molecule has 0 aromatic heterocycles. The fourth-order valence-electron chi connectivity index (χ4n) is 1.83. The standard InChI is InChI=1S/C9H17IN2O/c1-7(13)12(2)9-5-3-8(11-10)4-6-9/h8-9,11H,3-6H2,1-2H3. The van der Waals surface area contributed by atoms with Crippen LogP contribution >= 0.6 is 22.9 Å². The zero-order chi connectivity index (χ0) is 9.84. The lowest BCUT2D eigenvalue weighted by atomic mass is 9.91. The van der Waals surface area contributed by atoms with Crippen LogP contribution in [0.25, 0.3) is 0 Å². The SMILES string of the molecule is CC(=O)N(C)C1CCC(NI)CC1. The van der Waals surface area contributed by atoms with Crippen molar-refractivity contribution in [1.29, 1.82) is 0 Å². The molecule has 1 aliphatic rings. The Morgan fingerprint density at radius 2 is 1.92 bits per heavy atom. The minimum Gasteiger partial charge on any atom is -0.343 e. The van der Waals surface area contributed by atoms with Gasteiger partial charge in [0.1, 0.15) is 0 Å². The lowest BCUT2D eigenvalue weighted by Crippen LogP contribution is -2.40. The molecule has 1 N–H and O–H groups in total. The number of rotatable bonds is 2. The molecule has 0 saturated heterocycles. The van der Waals surface area contributed by atoms with Gasteiger partial charge in [-0.05, 0) is 25.7 Å². The van der Waals surface area contributed by atoms with Gasteiger partial charge in [0, 0.05) is 48.9 Å². The second-order valence-corrected chi connectivity index (χ2v) is 4.37. The predicted octanol–water partition coefficient (Wildman–Crippen LogP) is 1.72. The molecule has 0 aromatic carbocycles. The first-order chi connectivity index (χ1) is 6.15. The molecule has 1 rings (SSSR count). The van der Waals surface area contributed by atoms with Crippen molar-refractivity contribution in [1.82, 2.24) is 8.43 Å². The number of amides is 1. The van der Waals surface area contributed by atoms with E-state index in [1.165, 1.54) is 12.8 Å². The lowest BCUT2D eigenvalue weighted by molar-refractivity contribution is -0.130. The topological polar surface area (TPSA) is 32.3 Å². The summed E-state index contributed by atoms with van der Waals surface area (Å²) in [5.74, 6) is 0.186. The van der Waals surface area contributed by atoms with E-state index in [4.69, 9.17) is 0 Å². The van der Waals surface area contributed by atoms with Crippen LogP contribution in [0.3, 0.4) is 0 Å². The molecule has 0 atom stereocenters. The summed E-state index contributed by atoms with van der Waals surface area (Å²) in [5.41, 5.74) is 0. The van der Waals surface area contributed by atoms with Gasteiger partial charge in [0.25, 0.3) is 0 Å². The maximum absolute atomic E-state index is 11.1. The predicted molar refractivity (Wildman–Crippen MR) is 61.6 cm³/mol. The van der Waals surface area contributed by atoms with Crippen molar-refractivity contribution < 1.29 is 4.79 Å². The molecule has 0 spiro atoms. The van der Waals surface area contributed by atoms with Gasteiger partial charge in [-0.15, -0.1) is 0 Å². The van der Waals surface area contributed by atoms with Crippen molar-refractivity contribution >= 4 is 28.8 Å². The van der Waals surface area contributed by atoms with Crippen LogP contribution < -0.4 is 3.53 Å². The summed E-state index contributed by atoms with van der Waals surface area (Å²) in [5, 5.41) is 0. The third-order valence-electron chi connectivity index (χ3n) is 2.90. The number of nitrogens with one attached hydrogen (secondary N) is 1. The molecule has 13 heavy (non-hydrogen) atoms. The second kappa shape index (κ2) is 5.14. The smallest absolute Gasteiger partial charge is 0.219 e. The van der Waals surface area contributed by atoms with E-state index in [1.807, 2.05) is 11.9 Å². The normalized spacial score (nSPS) is 28.5. The number of carbonyl (C=O) groups excluding carboxylic acids is 1. The zero-order valence-corrected chi connectivity index (χ0v) is 10.4. The van der Waals surface area contributed by atoms with E-state index in [0.29, 0.717) is 12.1 Å². The summed E-state index contributed by atoms with van der Waals surface area (Å²) in [7, 11) is 1.91. The van der Waals surface area contributed by atoms with E-state index in [1.54, 1.807) is 6.92 Å². The van der Waals surface area contributed by atoms with Crippen LogP contribution in [0.4, 0.5) is 0 Å². The first-order valence-corrected chi connectivity index (χ1v) is 5.82. The van der Waals surface area contributed by atoms with Gasteiger partial charge in [-0.1, -0.05) is 0 Å². The van der Waals surface area contributed by atoms with E-state index in [-0.39, 0.29) is 5.91 Å². The molecule has 4 heteroatoms. The highest BCUT2D eigenvalue weighted by molar-refractivity contribution is 14.1. The molecule has 1 aliphatic carbocycles. The highest BCUT2D eigenvalue weighted by Crippen LogP contribution is 2.22. The van der Waals surface area contributed by atoms with Crippen LogP contribution in [0.1, 0.15) is 32.6 Å². The Morgan fingerprint density at radius 1 is 1.38 bits per heavy atom. The summed E-state index contributed by atoms with van der Waals surface area (Å²) in [6.07, 6.45) is 4.64. The van der Waals surface area contributed by atoms with E-state index < -0.39 is 0 Å². The molecule has 3 nitrogen and oxygen atoms in total. The molecule has 1 amide bonds. The summed E-state index contributed by atoms with van der Waals surface area (Å²) < 4.78 is 3.26. The highest BCUT2D eigenvalue weighted by Gasteiger charge is 2.24. The first kappa shape index (κ1) is 11.2. The van der Waals surface area contributed by atoms with Crippen molar-refractivity contribution in [3.05, 3.63) is 0 Å². The monoisotopic (exact) mass is 296 g/mol. The maximum Gasteiger partial charge on any atom is 0.219 e. The van der Waals surface area contributed by atoms with Gasteiger partial charge in [-0.25, -0.2) is 0 Å². The maximum atomic E-state index is 11.1. The Bertz CT molecular complexity index is 178. The molecular weight excluding hydrogens is 279 g/mol. The molecule has 1 saturated carbocycles. The van der Waals surface area contributed by atoms with Gasteiger partial charge in [-0.3, -0.25) is 8.32 Å². The van der Waals surface area contributed by atoms with Gasteiger partial charge in [0.15, 0.2) is 0 Å². The van der Waals surface area contributed by atoms with E-state index >= 15 is 0 Å². The summed E-state index contributed by atoms with van der Waals surface area (Å²) in [4.78, 5) is 13.0. The van der Waals surface area contributed by atoms with Gasteiger partial charge >= 0.3 is 0 Å². The Hall–Kier alpha value is 0.160. The van der Waals surface area contributed by atoms with Crippen LogP contribution in [0, 0.1) is 0 Å². The highest BCUT2D eigenvalue weighted by atomic mass is 127. The van der Waals surface area contributed by atoms with E-state index in [9.17, 15) is 4.79 Å². The van der Waals surface area contributed by atoms with Crippen molar-refractivity contribution in [3.63, 3.8) is 0 Å². The van der Waals surface area contributed by atoms with Gasteiger partial charge in [-0.2, -0.15) is 0 Å². The molecule has 1 fully saturated rings. The first-order valence-electron chi connectivity index (χ1n) is 4.74. The van der Waals surface area contributed by atoms with Crippen LogP contribution in [-0.4, -0.2) is 29.9 Å². The second-order valence-electron chi connectivity index (χ2n) is 3.74. The number of hydrogen-bond acceptors (Lipinski definition) is 2. The average molecular weight is 296 g/mol. The number of hydrogen-bond donors (Lipinski definition) is 1. The van der Waals surface area contributed by atoms with Crippen LogP contribution in [0.2, 0.25) is 0 Å². The lowest BCUT2D eigenvalue weighted by Gasteiger charge is -2.33. The van der Waals surface area contributed by atoms with Crippen molar-refractivity contribution in [2.24, 2.45) is 0 Å². The Kier molecular flexibility index (Phi) is 4.45. The van der Waals surface area contributed by atoms with Crippen LogP contribution in [0.5, 0.6) is 0 Å².